The number of hydrogen-bond acceptors (Lipinski definition) is 4. The lowest BCUT2D eigenvalue weighted by molar-refractivity contribution is -0.0470. The van der Waals surface area contributed by atoms with E-state index in [0.717, 1.165) is 19.7 Å². The van der Waals surface area contributed by atoms with Gasteiger partial charge in [0, 0.05) is 25.7 Å². The van der Waals surface area contributed by atoms with Gasteiger partial charge in [0.2, 0.25) is 0 Å². The van der Waals surface area contributed by atoms with E-state index < -0.39 is 0 Å². The number of morpholine rings is 1. The number of nitrogens with two attached hydrogens (primary N) is 1. The minimum Gasteiger partial charge on any atom is -0.392 e. The van der Waals surface area contributed by atoms with Crippen LogP contribution < -0.4 is 5.73 Å². The zero-order valence-electron chi connectivity index (χ0n) is 8.44. The molecule has 3 N–H and O–H groups in total. The molecule has 0 aromatic rings. The van der Waals surface area contributed by atoms with Crippen LogP contribution in [0.2, 0.25) is 0 Å². The highest BCUT2D eigenvalue weighted by Crippen LogP contribution is 2.07. The van der Waals surface area contributed by atoms with Crippen LogP contribution in [0.3, 0.4) is 0 Å². The van der Waals surface area contributed by atoms with Gasteiger partial charge in [-0.2, -0.15) is 0 Å². The molecule has 2 unspecified atom stereocenters. The third-order valence-electron chi connectivity index (χ3n) is 2.29. The third kappa shape index (κ3) is 3.60. The van der Waals surface area contributed by atoms with Crippen molar-refractivity contribution in [2.24, 2.45) is 5.73 Å². The molecule has 1 rings (SSSR count). The number of rotatable bonds is 3. The predicted molar refractivity (Wildman–Crippen MR) is 51.5 cm³/mol. The second-order valence-corrected chi connectivity index (χ2v) is 3.88. The van der Waals surface area contributed by atoms with Gasteiger partial charge in [-0.05, 0) is 13.8 Å². The third-order valence-corrected chi connectivity index (χ3v) is 2.29. The predicted octanol–water partition coefficient (Wildman–Crippen LogP) is -0.585. The molecule has 1 heterocycles. The molecule has 4 nitrogen and oxygen atoms in total. The summed E-state index contributed by atoms with van der Waals surface area (Å²) >= 11 is 0. The van der Waals surface area contributed by atoms with Crippen LogP contribution in [0.15, 0.2) is 0 Å². The summed E-state index contributed by atoms with van der Waals surface area (Å²) in [7, 11) is 0. The standard InChI is InChI=1S/C9H20N2O2/c1-7(12)5-11-3-4-13-9(6-11)8(2)10/h7-9,12H,3-6,10H2,1-2H3/t7-,8?,9?/m1/s1. The molecule has 13 heavy (non-hydrogen) atoms. The van der Waals surface area contributed by atoms with E-state index in [1.807, 2.05) is 6.92 Å². The minimum absolute atomic E-state index is 0.0665. The highest BCUT2D eigenvalue weighted by atomic mass is 16.5. The molecule has 0 bridgehead atoms. The molecule has 4 heteroatoms. The van der Waals surface area contributed by atoms with E-state index in [9.17, 15) is 5.11 Å². The Labute approximate surface area is 79.7 Å². The fourth-order valence-corrected chi connectivity index (χ4v) is 1.59. The number of ether oxygens (including phenoxy) is 1. The summed E-state index contributed by atoms with van der Waals surface area (Å²) in [4.78, 5) is 2.20. The minimum atomic E-state index is -0.271. The van der Waals surface area contributed by atoms with Crippen LogP contribution in [0, 0.1) is 0 Å². The van der Waals surface area contributed by atoms with Gasteiger partial charge in [-0.25, -0.2) is 0 Å². The molecule has 78 valence electrons. The van der Waals surface area contributed by atoms with Gasteiger partial charge in [0.15, 0.2) is 0 Å². The molecule has 0 radical (unpaired) electrons. The van der Waals surface area contributed by atoms with Crippen LogP contribution in [-0.4, -0.2) is 54.5 Å². The zero-order chi connectivity index (χ0) is 9.84. The van der Waals surface area contributed by atoms with Gasteiger partial charge in [0.1, 0.15) is 0 Å². The number of aliphatic hydroxyl groups is 1. The quantitative estimate of drug-likeness (QED) is 0.622. The van der Waals surface area contributed by atoms with Crippen molar-refractivity contribution in [3.8, 4) is 0 Å². The van der Waals surface area contributed by atoms with E-state index in [4.69, 9.17) is 10.5 Å². The average Bonchev–Trinajstić information content (AvgIpc) is 2.03. The molecule has 1 fully saturated rings. The summed E-state index contributed by atoms with van der Waals surface area (Å²) in [6, 6.07) is 0.0665. The second-order valence-electron chi connectivity index (χ2n) is 3.88. The van der Waals surface area contributed by atoms with Crippen LogP contribution in [0.5, 0.6) is 0 Å². The molecule has 3 atom stereocenters. The maximum absolute atomic E-state index is 9.22. The molecular weight excluding hydrogens is 168 g/mol. The molecule has 1 aliphatic heterocycles. The number of aliphatic hydroxyl groups excluding tert-OH is 1. The maximum atomic E-state index is 9.22. The van der Waals surface area contributed by atoms with Gasteiger partial charge >= 0.3 is 0 Å². The topological polar surface area (TPSA) is 58.7 Å². The Morgan fingerprint density at radius 2 is 2.31 bits per heavy atom. The van der Waals surface area contributed by atoms with Crippen molar-refractivity contribution in [2.75, 3.05) is 26.2 Å². The fourth-order valence-electron chi connectivity index (χ4n) is 1.59. The lowest BCUT2D eigenvalue weighted by Gasteiger charge is -2.35. The van der Waals surface area contributed by atoms with Crippen molar-refractivity contribution < 1.29 is 9.84 Å². The van der Waals surface area contributed by atoms with Gasteiger partial charge in [-0.1, -0.05) is 0 Å². The molecule has 0 spiro atoms. The van der Waals surface area contributed by atoms with Crippen LogP contribution >= 0.6 is 0 Å². The summed E-state index contributed by atoms with van der Waals surface area (Å²) in [5, 5.41) is 9.22. The molecule has 1 saturated heterocycles. The monoisotopic (exact) mass is 188 g/mol. The first-order valence-electron chi connectivity index (χ1n) is 4.87. The van der Waals surface area contributed by atoms with Crippen LogP contribution in [0.4, 0.5) is 0 Å². The smallest absolute Gasteiger partial charge is 0.0850 e. The first-order valence-corrected chi connectivity index (χ1v) is 4.87. The summed E-state index contributed by atoms with van der Waals surface area (Å²) in [6.45, 7) is 6.93. The van der Waals surface area contributed by atoms with E-state index >= 15 is 0 Å². The summed E-state index contributed by atoms with van der Waals surface area (Å²) in [5.74, 6) is 0. The number of β-amino-alcohol motifs (C(OH)–C–C–N with tert-alkyl or cyclic N) is 1. The molecule has 0 aromatic heterocycles. The van der Waals surface area contributed by atoms with Crippen molar-refractivity contribution >= 4 is 0 Å². The van der Waals surface area contributed by atoms with Gasteiger partial charge in [0.05, 0.1) is 18.8 Å². The highest BCUT2D eigenvalue weighted by molar-refractivity contribution is 4.78. The summed E-state index contributed by atoms with van der Waals surface area (Å²) in [6.07, 6.45) is -0.153. The van der Waals surface area contributed by atoms with Gasteiger partial charge in [-0.15, -0.1) is 0 Å². The largest absolute Gasteiger partial charge is 0.392 e. The molecule has 1 aliphatic rings. The molecule has 0 amide bonds. The van der Waals surface area contributed by atoms with Crippen molar-refractivity contribution in [3.63, 3.8) is 0 Å². The fraction of sp³-hybridized carbons (Fsp3) is 1.00. The van der Waals surface area contributed by atoms with Crippen LogP contribution in [0.25, 0.3) is 0 Å². The Bertz CT molecular complexity index is 151. The number of hydrogen-bond donors (Lipinski definition) is 2. The van der Waals surface area contributed by atoms with E-state index in [0.29, 0.717) is 6.54 Å². The van der Waals surface area contributed by atoms with Crippen LogP contribution in [0.1, 0.15) is 13.8 Å². The Morgan fingerprint density at radius 3 is 2.85 bits per heavy atom. The second kappa shape index (κ2) is 4.91. The Hall–Kier alpha value is -0.160. The Balaban J connectivity index is 2.33. The summed E-state index contributed by atoms with van der Waals surface area (Å²) in [5.41, 5.74) is 5.75. The number of nitrogens with zero attached hydrogens (tertiary/aromatic N) is 1. The zero-order valence-corrected chi connectivity index (χ0v) is 8.44. The Kier molecular flexibility index (Phi) is 4.12. The van der Waals surface area contributed by atoms with Gasteiger partial charge in [-0.3, -0.25) is 4.90 Å². The average molecular weight is 188 g/mol. The molecule has 0 aromatic carbocycles. The van der Waals surface area contributed by atoms with Crippen molar-refractivity contribution in [3.05, 3.63) is 0 Å². The lowest BCUT2D eigenvalue weighted by Crippen LogP contribution is -2.50. The molecular formula is C9H20N2O2. The highest BCUT2D eigenvalue weighted by Gasteiger charge is 2.23. The van der Waals surface area contributed by atoms with E-state index in [2.05, 4.69) is 4.90 Å². The van der Waals surface area contributed by atoms with E-state index in [-0.39, 0.29) is 18.2 Å². The normalized spacial score (nSPS) is 30.0. The summed E-state index contributed by atoms with van der Waals surface area (Å²) < 4.78 is 5.50. The Morgan fingerprint density at radius 1 is 1.62 bits per heavy atom. The molecule has 0 saturated carbocycles. The van der Waals surface area contributed by atoms with E-state index in [1.54, 1.807) is 6.92 Å². The van der Waals surface area contributed by atoms with Crippen molar-refractivity contribution in [1.29, 1.82) is 0 Å². The SMILES string of the molecule is CC(N)C1CN(C[C@@H](C)O)CCO1. The van der Waals surface area contributed by atoms with E-state index in [1.165, 1.54) is 0 Å². The van der Waals surface area contributed by atoms with Crippen LogP contribution in [-0.2, 0) is 4.74 Å². The van der Waals surface area contributed by atoms with Crippen molar-refractivity contribution in [1.82, 2.24) is 4.90 Å². The van der Waals surface area contributed by atoms with Crippen molar-refractivity contribution in [2.45, 2.75) is 32.1 Å². The first kappa shape index (κ1) is 10.9. The first-order chi connectivity index (χ1) is 6.09. The lowest BCUT2D eigenvalue weighted by atomic mass is 10.1. The van der Waals surface area contributed by atoms with Gasteiger partial charge in [0.25, 0.3) is 0 Å². The maximum Gasteiger partial charge on any atom is 0.0850 e. The van der Waals surface area contributed by atoms with Gasteiger partial charge < -0.3 is 15.6 Å². The molecule has 0 aliphatic carbocycles.